The first-order valence-corrected chi connectivity index (χ1v) is 14.2. The van der Waals surface area contributed by atoms with Gasteiger partial charge in [0.05, 0.1) is 30.6 Å². The molecular weight excluding hydrogens is 620 g/mol. The van der Waals surface area contributed by atoms with Crippen molar-refractivity contribution in [2.24, 2.45) is 0 Å². The fourth-order valence-corrected chi connectivity index (χ4v) is 5.23. The fraction of sp³-hybridized carbons (Fsp3) is 0.222. The van der Waals surface area contributed by atoms with Gasteiger partial charge in [0, 0.05) is 19.6 Å². The highest BCUT2D eigenvalue weighted by Gasteiger charge is 2.72. The predicted octanol–water partition coefficient (Wildman–Crippen LogP) is 9.60. The van der Waals surface area contributed by atoms with Crippen LogP contribution in [0.25, 0.3) is 0 Å². The van der Waals surface area contributed by atoms with Crippen molar-refractivity contribution in [3.05, 3.63) is 134 Å². The van der Waals surface area contributed by atoms with Crippen LogP contribution >= 0.6 is 0 Å². The van der Waals surface area contributed by atoms with Crippen LogP contribution in [-0.4, -0.2) is 39.1 Å². The summed E-state index contributed by atoms with van der Waals surface area (Å²) in [5, 5.41) is 9.61. The van der Waals surface area contributed by atoms with Crippen LogP contribution in [0.15, 0.2) is 105 Å². The summed E-state index contributed by atoms with van der Waals surface area (Å²) in [4.78, 5) is 2.83. The molecule has 0 fully saturated rings. The predicted molar refractivity (Wildman–Crippen MR) is 173 cm³/mol. The van der Waals surface area contributed by atoms with E-state index in [1.165, 1.54) is 59.9 Å². The quantitative estimate of drug-likeness (QED) is 0.121. The molecule has 0 aliphatic heterocycles. The van der Waals surface area contributed by atoms with Gasteiger partial charge in [0.2, 0.25) is 5.41 Å². The molecule has 5 nitrogen and oxygen atoms in total. The van der Waals surface area contributed by atoms with Gasteiger partial charge in [0.1, 0.15) is 17.6 Å². The Morgan fingerprint density at radius 3 is 1.79 bits per heavy atom. The van der Waals surface area contributed by atoms with E-state index in [1.54, 1.807) is 13.0 Å². The number of rotatable bonds is 15. The van der Waals surface area contributed by atoms with Crippen LogP contribution in [0.2, 0.25) is 0 Å². The second-order valence-electron chi connectivity index (χ2n) is 10.3. The SMILES string of the molecule is C=C[CH]N(CC=C)c1cc(C(c2ccc(OC)c(N(CC=C)CC=C)c2)(C(F)(F)F)C(F)(F)F)ccc1Oc1cc(C)ccc1C#N. The monoisotopic (exact) mass is 654 g/mol. The molecule has 0 unspecified atom stereocenters. The lowest BCUT2D eigenvalue weighted by atomic mass is 9.72. The summed E-state index contributed by atoms with van der Waals surface area (Å²) < 4.78 is 103. The van der Waals surface area contributed by atoms with Crippen molar-refractivity contribution in [1.82, 2.24) is 0 Å². The molecule has 0 saturated carbocycles. The van der Waals surface area contributed by atoms with Crippen molar-refractivity contribution < 1.29 is 35.8 Å². The Morgan fingerprint density at radius 2 is 1.30 bits per heavy atom. The molecule has 247 valence electrons. The molecule has 0 aromatic heterocycles. The minimum Gasteiger partial charge on any atom is -0.495 e. The van der Waals surface area contributed by atoms with Crippen molar-refractivity contribution in [2.45, 2.75) is 24.7 Å². The molecule has 11 heteroatoms. The van der Waals surface area contributed by atoms with Crippen LogP contribution in [0, 0.1) is 24.8 Å². The molecule has 1 radical (unpaired) electrons. The van der Waals surface area contributed by atoms with E-state index < -0.39 is 28.9 Å². The minimum absolute atomic E-state index is 0.0143. The van der Waals surface area contributed by atoms with E-state index in [-0.39, 0.29) is 53.8 Å². The van der Waals surface area contributed by atoms with Gasteiger partial charge in [0.15, 0.2) is 5.75 Å². The maximum Gasteiger partial charge on any atom is 0.411 e. The van der Waals surface area contributed by atoms with Gasteiger partial charge in [-0.15, -0.1) is 26.3 Å². The van der Waals surface area contributed by atoms with E-state index in [9.17, 15) is 5.26 Å². The zero-order valence-corrected chi connectivity index (χ0v) is 26.0. The molecule has 0 heterocycles. The molecular formula is C36H34F6N3O2. The number of nitrogens with zero attached hydrogens (tertiary/aromatic N) is 3. The first kappa shape index (κ1) is 36.4. The number of methoxy groups -OCH3 is 1. The van der Waals surface area contributed by atoms with Crippen molar-refractivity contribution >= 4 is 11.4 Å². The summed E-state index contributed by atoms with van der Waals surface area (Å²) in [6.07, 6.45) is -6.12. The number of anilines is 2. The Bertz CT molecular complexity index is 1620. The first-order chi connectivity index (χ1) is 22.2. The molecule has 0 saturated heterocycles. The zero-order chi connectivity index (χ0) is 35.0. The third-order valence-corrected chi connectivity index (χ3v) is 7.29. The Hall–Kier alpha value is -5.11. The molecule has 0 N–H and O–H groups in total. The smallest absolute Gasteiger partial charge is 0.411 e. The maximum atomic E-state index is 15.4. The van der Waals surface area contributed by atoms with Crippen LogP contribution in [0.4, 0.5) is 37.7 Å². The van der Waals surface area contributed by atoms with Crippen LogP contribution in [0.1, 0.15) is 22.3 Å². The molecule has 0 amide bonds. The number of alkyl halides is 6. The number of halogens is 6. The lowest BCUT2D eigenvalue weighted by Gasteiger charge is -2.39. The number of benzene rings is 3. The van der Waals surface area contributed by atoms with Crippen LogP contribution in [0.5, 0.6) is 17.2 Å². The van der Waals surface area contributed by atoms with Crippen molar-refractivity contribution in [3.8, 4) is 23.3 Å². The number of nitriles is 1. The van der Waals surface area contributed by atoms with Gasteiger partial charge in [0.25, 0.3) is 0 Å². The second kappa shape index (κ2) is 15.0. The third kappa shape index (κ3) is 7.32. The molecule has 0 spiro atoms. The fourth-order valence-electron chi connectivity index (χ4n) is 5.23. The van der Waals surface area contributed by atoms with E-state index in [0.29, 0.717) is 5.56 Å². The molecule has 3 rings (SSSR count). The topological polar surface area (TPSA) is 48.7 Å². The van der Waals surface area contributed by atoms with E-state index in [0.717, 1.165) is 36.4 Å². The number of hydrogen-bond acceptors (Lipinski definition) is 5. The molecule has 3 aromatic rings. The number of aryl methyl sites for hydroxylation is 1. The third-order valence-electron chi connectivity index (χ3n) is 7.29. The number of ether oxygens (including phenoxy) is 2. The lowest BCUT2D eigenvalue weighted by Crippen LogP contribution is -2.54. The van der Waals surface area contributed by atoms with E-state index in [4.69, 9.17) is 9.47 Å². The standard InChI is InChI=1S/C36H34F6N3O2/c1-7-17-44(18-8-2)29-22-27(13-15-31(29)46-6)34(35(37,38)39,36(40,41)42)28-14-16-32(30(23-28)45(19-9-3)20-10-4)47-33-21-25(5)11-12-26(33)24-43/h7-16,19,21-23H,1-4,17-18,20H2,5-6H3. The van der Waals surface area contributed by atoms with Crippen molar-refractivity contribution in [3.63, 3.8) is 0 Å². The highest BCUT2D eigenvalue weighted by molar-refractivity contribution is 5.68. The normalized spacial score (nSPS) is 11.6. The van der Waals surface area contributed by atoms with Crippen molar-refractivity contribution in [1.29, 1.82) is 5.26 Å². The van der Waals surface area contributed by atoms with Crippen molar-refractivity contribution in [2.75, 3.05) is 36.5 Å². The van der Waals surface area contributed by atoms with Gasteiger partial charge < -0.3 is 19.3 Å². The van der Waals surface area contributed by atoms with Gasteiger partial charge in [-0.2, -0.15) is 31.6 Å². The molecule has 0 atom stereocenters. The molecule has 0 bridgehead atoms. The summed E-state index contributed by atoms with van der Waals surface area (Å²) in [7, 11) is 1.26. The number of hydrogen-bond donors (Lipinski definition) is 0. The average Bonchev–Trinajstić information content (AvgIpc) is 3.00. The molecule has 0 aliphatic rings. The van der Waals surface area contributed by atoms with Gasteiger partial charge in [-0.1, -0.05) is 42.5 Å². The van der Waals surface area contributed by atoms with Crippen LogP contribution in [0.3, 0.4) is 0 Å². The van der Waals surface area contributed by atoms with Crippen LogP contribution in [-0.2, 0) is 5.41 Å². The molecule has 0 aliphatic carbocycles. The first-order valence-electron chi connectivity index (χ1n) is 14.2. The highest BCUT2D eigenvalue weighted by Crippen LogP contribution is 2.58. The zero-order valence-electron chi connectivity index (χ0n) is 26.0. The largest absolute Gasteiger partial charge is 0.495 e. The summed E-state index contributed by atoms with van der Waals surface area (Å²) in [5.41, 5.74) is -6.05. The Kier molecular flexibility index (Phi) is 11.6. The Labute approximate surface area is 270 Å². The summed E-state index contributed by atoms with van der Waals surface area (Å²) in [5.74, 6) is 0.0258. The average molecular weight is 655 g/mol. The van der Waals surface area contributed by atoms with Gasteiger partial charge >= 0.3 is 12.4 Å². The maximum absolute atomic E-state index is 15.4. The van der Waals surface area contributed by atoms with E-state index >= 15 is 26.3 Å². The highest BCUT2D eigenvalue weighted by atomic mass is 19.4. The van der Waals surface area contributed by atoms with E-state index in [2.05, 4.69) is 26.3 Å². The summed E-state index contributed by atoms with van der Waals surface area (Å²) >= 11 is 0. The molecule has 3 aromatic carbocycles. The van der Waals surface area contributed by atoms with Gasteiger partial charge in [-0.05, 0) is 60.0 Å². The summed E-state index contributed by atoms with van der Waals surface area (Å²) in [6.45, 7) is 17.8. The molecule has 47 heavy (non-hydrogen) atoms. The minimum atomic E-state index is -5.88. The van der Waals surface area contributed by atoms with E-state index in [1.807, 2.05) is 6.07 Å². The van der Waals surface area contributed by atoms with Crippen LogP contribution < -0.4 is 19.3 Å². The Balaban J connectivity index is 2.46. The van der Waals surface area contributed by atoms with Gasteiger partial charge in [-0.3, -0.25) is 0 Å². The van der Waals surface area contributed by atoms with Gasteiger partial charge in [-0.25, -0.2) is 0 Å². The second-order valence-corrected chi connectivity index (χ2v) is 10.3. The lowest BCUT2D eigenvalue weighted by molar-refractivity contribution is -0.288. The summed E-state index contributed by atoms with van der Waals surface area (Å²) in [6, 6.07) is 11.9. The Morgan fingerprint density at radius 1 is 0.745 bits per heavy atom.